The molecule has 0 radical (unpaired) electrons. The Kier molecular flexibility index (Phi) is 10.1. The molecule has 3 aliphatic heterocycles. The van der Waals surface area contributed by atoms with Crippen molar-refractivity contribution in [2.75, 3.05) is 6.54 Å². The number of fused-ring (bicyclic) bond motifs is 3. The molecule has 1 saturated heterocycles. The summed E-state index contributed by atoms with van der Waals surface area (Å²) in [7, 11) is -3.85. The van der Waals surface area contributed by atoms with Crippen LogP contribution in [0.3, 0.4) is 0 Å². The van der Waals surface area contributed by atoms with Crippen molar-refractivity contribution in [1.82, 2.24) is 25.2 Å². The smallest absolute Gasteiger partial charge is 0.410 e. The summed E-state index contributed by atoms with van der Waals surface area (Å²) in [5, 5.41) is 5.89. The van der Waals surface area contributed by atoms with Gasteiger partial charge in [0.25, 0.3) is 5.91 Å². The maximum Gasteiger partial charge on any atom is 0.410 e. The van der Waals surface area contributed by atoms with Crippen molar-refractivity contribution in [3.8, 4) is 0 Å². The molecule has 1 aromatic rings. The van der Waals surface area contributed by atoms with E-state index in [1.165, 1.54) is 4.90 Å². The van der Waals surface area contributed by atoms with Gasteiger partial charge in [-0.1, -0.05) is 55.7 Å². The first kappa shape index (κ1) is 35.7. The zero-order valence-corrected chi connectivity index (χ0v) is 30.3. The highest BCUT2D eigenvalue weighted by molar-refractivity contribution is 7.91. The van der Waals surface area contributed by atoms with E-state index in [-0.39, 0.29) is 37.3 Å². The van der Waals surface area contributed by atoms with Gasteiger partial charge in [0.05, 0.1) is 24.4 Å². The Morgan fingerprint density at radius 3 is 2.55 bits per heavy atom. The van der Waals surface area contributed by atoms with Crippen LogP contribution < -0.4 is 15.4 Å². The molecule has 4 bridgehead atoms. The fraction of sp³-hybridized carbons (Fsp3) is 0.632. The average molecular weight is 722 g/mol. The summed E-state index contributed by atoms with van der Waals surface area (Å²) >= 11 is 0. The van der Waals surface area contributed by atoms with Crippen LogP contribution in [0.5, 0.6) is 0 Å². The molecule has 51 heavy (non-hydrogen) atoms. The second kappa shape index (κ2) is 14.4. The monoisotopic (exact) mass is 721 g/mol. The summed E-state index contributed by atoms with van der Waals surface area (Å²) in [5.41, 5.74) is 1.76. The van der Waals surface area contributed by atoms with Gasteiger partial charge >= 0.3 is 6.09 Å². The van der Waals surface area contributed by atoms with E-state index < -0.39 is 62.8 Å². The summed E-state index contributed by atoms with van der Waals surface area (Å²) in [6.45, 7) is 6.76. The van der Waals surface area contributed by atoms with Gasteiger partial charge in [0.1, 0.15) is 17.7 Å². The number of nitrogens with one attached hydrogen (secondary N) is 3. The fourth-order valence-electron chi connectivity index (χ4n) is 8.54. The zero-order valence-electron chi connectivity index (χ0n) is 29.5. The molecule has 6 atom stereocenters. The van der Waals surface area contributed by atoms with Crippen LogP contribution in [0.4, 0.5) is 4.79 Å². The van der Waals surface area contributed by atoms with Crippen molar-refractivity contribution in [3.63, 3.8) is 0 Å². The van der Waals surface area contributed by atoms with E-state index in [1.807, 2.05) is 12.1 Å². The second-order valence-electron chi connectivity index (χ2n) is 15.5. The van der Waals surface area contributed by atoms with Gasteiger partial charge in [0.2, 0.25) is 21.8 Å². The van der Waals surface area contributed by atoms with Crippen LogP contribution in [0.1, 0.15) is 101 Å². The lowest BCUT2D eigenvalue weighted by Gasteiger charge is -2.33. The molecule has 12 nitrogen and oxygen atoms in total. The second-order valence-corrected chi connectivity index (χ2v) is 17.5. The molecule has 0 spiro atoms. The molecule has 0 aromatic heterocycles. The predicted molar refractivity (Wildman–Crippen MR) is 191 cm³/mol. The molecule has 4 fully saturated rings. The summed E-state index contributed by atoms with van der Waals surface area (Å²) in [4.78, 5) is 59.2. The summed E-state index contributed by atoms with van der Waals surface area (Å²) in [5.74, 6) is -1.93. The van der Waals surface area contributed by atoms with E-state index in [2.05, 4.69) is 47.1 Å². The molecular weight excluding hydrogens is 671 g/mol. The Morgan fingerprint density at radius 2 is 1.82 bits per heavy atom. The molecule has 3 saturated carbocycles. The zero-order chi connectivity index (χ0) is 35.9. The number of nitrogens with zero attached hydrogens (tertiary/aromatic N) is 2. The Balaban J connectivity index is 1.15. The third-order valence-electron chi connectivity index (χ3n) is 11.8. The lowest BCUT2D eigenvalue weighted by Crippen LogP contribution is -2.59. The number of carbonyl (C=O) groups excluding carboxylic acids is 4. The van der Waals surface area contributed by atoms with Crippen LogP contribution in [-0.2, 0) is 42.2 Å². The number of hydrogen-bond donors (Lipinski definition) is 3. The predicted octanol–water partition coefficient (Wildman–Crippen LogP) is 3.90. The topological polar surface area (TPSA) is 154 Å². The molecular formula is C38H51N5O7S. The fourth-order valence-corrected chi connectivity index (χ4v) is 9.90. The largest absolute Gasteiger partial charge is 0.444 e. The number of hydrogen-bond acceptors (Lipinski definition) is 8. The average Bonchev–Trinajstić information content (AvgIpc) is 3.88. The van der Waals surface area contributed by atoms with Gasteiger partial charge in [0.15, 0.2) is 0 Å². The third-order valence-corrected chi connectivity index (χ3v) is 13.6. The lowest BCUT2D eigenvalue weighted by atomic mass is 9.94. The minimum atomic E-state index is -3.85. The Hall–Kier alpha value is -3.71. The molecule has 7 rings (SSSR count). The maximum atomic E-state index is 14.7. The van der Waals surface area contributed by atoms with Crippen LogP contribution in [0.15, 0.2) is 36.9 Å². The van der Waals surface area contributed by atoms with Crippen molar-refractivity contribution in [3.05, 3.63) is 53.6 Å². The van der Waals surface area contributed by atoms with E-state index in [1.54, 1.807) is 11.0 Å². The van der Waals surface area contributed by atoms with Gasteiger partial charge in [-0.25, -0.2) is 13.2 Å². The Bertz CT molecular complexity index is 1700. The number of rotatable bonds is 7. The molecule has 6 aliphatic rings. The highest BCUT2D eigenvalue weighted by Crippen LogP contribution is 2.45. The molecule has 13 heteroatoms. The number of allylic oxidation sites excluding steroid dienone is 1. The first-order valence-corrected chi connectivity index (χ1v) is 20.3. The number of benzene rings is 1. The molecule has 1 aromatic carbocycles. The van der Waals surface area contributed by atoms with Crippen LogP contribution in [0.2, 0.25) is 0 Å². The SMILES string of the molecule is C=C[C@@H]1C[C@]1(NC(=O)[C@@H]1C[C@@H]2CN1C(=O)[C@@H](C1CCCC1)N[C@H](C)CCCC/C=C/c1cccc3c1CN(C3)C(=O)O2)C(=O)NS(=O)(=O)C1CC1. The number of carbonyl (C=O) groups is 4. The molecule has 3 aliphatic carbocycles. The van der Waals surface area contributed by atoms with Gasteiger partial charge in [-0.05, 0) is 80.9 Å². The van der Waals surface area contributed by atoms with Crippen molar-refractivity contribution < 1.29 is 32.3 Å². The van der Waals surface area contributed by atoms with Gasteiger partial charge < -0.3 is 20.3 Å². The number of amides is 4. The normalized spacial score (nSPS) is 32.4. The van der Waals surface area contributed by atoms with E-state index in [0.717, 1.165) is 68.1 Å². The summed E-state index contributed by atoms with van der Waals surface area (Å²) < 4.78 is 33.6. The van der Waals surface area contributed by atoms with Gasteiger partial charge in [0, 0.05) is 24.9 Å². The van der Waals surface area contributed by atoms with Crippen LogP contribution >= 0.6 is 0 Å². The van der Waals surface area contributed by atoms with E-state index >= 15 is 0 Å². The summed E-state index contributed by atoms with van der Waals surface area (Å²) in [6, 6.07) is 4.62. The first-order valence-electron chi connectivity index (χ1n) is 18.8. The Morgan fingerprint density at radius 1 is 1.06 bits per heavy atom. The summed E-state index contributed by atoms with van der Waals surface area (Å²) in [6.07, 6.45) is 13.6. The molecule has 276 valence electrons. The quantitative estimate of drug-likeness (QED) is 0.359. The highest BCUT2D eigenvalue weighted by Gasteiger charge is 2.62. The van der Waals surface area contributed by atoms with E-state index in [4.69, 9.17) is 4.74 Å². The van der Waals surface area contributed by atoms with Gasteiger partial charge in [-0.15, -0.1) is 6.58 Å². The number of sulfonamides is 1. The maximum absolute atomic E-state index is 14.7. The minimum absolute atomic E-state index is 0.0386. The highest BCUT2D eigenvalue weighted by atomic mass is 32.2. The molecule has 4 amide bonds. The van der Waals surface area contributed by atoms with Gasteiger partial charge in [-0.3, -0.25) is 24.0 Å². The number of ether oxygens (including phenoxy) is 1. The van der Waals surface area contributed by atoms with Gasteiger partial charge in [-0.2, -0.15) is 0 Å². The third kappa shape index (κ3) is 7.46. The van der Waals surface area contributed by atoms with Crippen LogP contribution in [0.25, 0.3) is 6.08 Å². The van der Waals surface area contributed by atoms with Crippen molar-refractivity contribution in [2.24, 2.45) is 11.8 Å². The first-order chi connectivity index (χ1) is 24.5. The standard InChI is InChI=1S/C38H51N5O7S/c1-3-28-20-38(28,36(46)41-51(48,49)30-17-18-30)40-34(44)32-19-29-22-43(32)35(45)33(26-13-8-9-14-26)39-24(2)11-6-4-5-7-12-25-15-10-16-27-21-42(23-31(25)27)37(47)50-29/h3,7,10,12,15-16,24,26,28-30,32-33,39H,1,4-6,8-9,11,13-14,17-23H2,2H3,(H,40,44)(H,41,46)/b12-7+/t24-,28-,29-,32+,33-,38-/m1/s1. The van der Waals surface area contributed by atoms with Crippen molar-refractivity contribution in [2.45, 2.75) is 132 Å². The van der Waals surface area contributed by atoms with Crippen molar-refractivity contribution in [1.29, 1.82) is 0 Å². The van der Waals surface area contributed by atoms with E-state index in [9.17, 15) is 27.6 Å². The van der Waals surface area contributed by atoms with Crippen LogP contribution in [0, 0.1) is 11.8 Å². The van der Waals surface area contributed by atoms with E-state index in [0.29, 0.717) is 25.9 Å². The van der Waals surface area contributed by atoms with Crippen molar-refractivity contribution >= 4 is 39.9 Å². The molecule has 3 heterocycles. The lowest BCUT2D eigenvalue weighted by molar-refractivity contribution is -0.142. The molecule has 0 unspecified atom stereocenters. The van der Waals surface area contributed by atoms with Crippen LogP contribution in [-0.4, -0.2) is 83.6 Å². The Labute approximate surface area is 300 Å². The molecule has 3 N–H and O–H groups in total. The minimum Gasteiger partial charge on any atom is -0.444 e.